The van der Waals surface area contributed by atoms with Gasteiger partial charge in [0.2, 0.25) is 5.82 Å². The van der Waals surface area contributed by atoms with Gasteiger partial charge in [0.05, 0.1) is 32.0 Å². The fraction of sp³-hybridized carbons (Fsp3) is 0.478. The first-order valence-electron chi connectivity index (χ1n) is 10.1. The third-order valence-electron chi connectivity index (χ3n) is 5.04. The second-order valence-electron chi connectivity index (χ2n) is 7.12. The van der Waals surface area contributed by atoms with E-state index in [4.69, 9.17) is 14.2 Å². The first-order chi connectivity index (χ1) is 13.6. The van der Waals surface area contributed by atoms with Crippen molar-refractivity contribution in [2.75, 3.05) is 13.2 Å². The minimum Gasteiger partial charge on any atom is -0.491 e. The van der Waals surface area contributed by atoms with Gasteiger partial charge in [0.25, 0.3) is 0 Å². The monoisotopic (exact) mass is 390 g/mol. The molecule has 0 bridgehead atoms. The lowest BCUT2D eigenvalue weighted by molar-refractivity contribution is -0.0924. The smallest absolute Gasteiger partial charge is 0.201 e. The van der Waals surface area contributed by atoms with Crippen LogP contribution in [0.1, 0.15) is 45.1 Å². The Labute approximate surface area is 165 Å². The van der Waals surface area contributed by atoms with E-state index in [1.54, 1.807) is 25.1 Å². The van der Waals surface area contributed by atoms with E-state index < -0.39 is 11.6 Å². The highest BCUT2D eigenvalue weighted by Gasteiger charge is 2.21. The van der Waals surface area contributed by atoms with E-state index >= 15 is 0 Å². The maximum absolute atomic E-state index is 14.4. The zero-order chi connectivity index (χ0) is 19.9. The number of hydrogen-bond acceptors (Lipinski definition) is 3. The van der Waals surface area contributed by atoms with E-state index in [-0.39, 0.29) is 24.0 Å². The molecule has 1 saturated heterocycles. The van der Waals surface area contributed by atoms with Crippen LogP contribution in [0.15, 0.2) is 36.4 Å². The molecule has 152 valence electrons. The number of halogens is 2. The van der Waals surface area contributed by atoms with Crippen molar-refractivity contribution in [2.45, 2.75) is 58.3 Å². The summed E-state index contributed by atoms with van der Waals surface area (Å²) >= 11 is 0. The quantitative estimate of drug-likeness (QED) is 0.562. The minimum atomic E-state index is -0.953. The van der Waals surface area contributed by atoms with Crippen LogP contribution in [0.3, 0.4) is 0 Å². The van der Waals surface area contributed by atoms with Crippen LogP contribution in [0.2, 0.25) is 0 Å². The fourth-order valence-corrected chi connectivity index (χ4v) is 3.48. The van der Waals surface area contributed by atoms with E-state index in [1.807, 2.05) is 12.1 Å². The van der Waals surface area contributed by atoms with Crippen molar-refractivity contribution >= 4 is 0 Å². The summed E-state index contributed by atoms with van der Waals surface area (Å²) in [5.74, 6) is -1.91. The van der Waals surface area contributed by atoms with Crippen molar-refractivity contribution < 1.29 is 23.0 Å². The summed E-state index contributed by atoms with van der Waals surface area (Å²) in [5.41, 5.74) is 1.83. The standard InChI is InChI=1S/C23H28F2O3/c1-3-5-18-10-11-19(15-28-18)27-14-16-6-8-17(9-7-16)20-12-13-21(26-4-2)23(25)22(20)24/h6-9,12-13,18-19H,3-5,10-11,14-15H2,1-2H3. The van der Waals surface area contributed by atoms with Gasteiger partial charge in [-0.15, -0.1) is 0 Å². The number of benzene rings is 2. The topological polar surface area (TPSA) is 27.7 Å². The van der Waals surface area contributed by atoms with Crippen LogP contribution < -0.4 is 4.74 Å². The average molecular weight is 390 g/mol. The predicted molar refractivity (Wildman–Crippen MR) is 105 cm³/mol. The molecule has 2 aromatic rings. The fourth-order valence-electron chi connectivity index (χ4n) is 3.48. The van der Waals surface area contributed by atoms with Gasteiger partial charge in [-0.3, -0.25) is 0 Å². The van der Waals surface area contributed by atoms with E-state index in [9.17, 15) is 8.78 Å². The average Bonchev–Trinajstić information content (AvgIpc) is 2.72. The highest BCUT2D eigenvalue weighted by atomic mass is 19.2. The molecule has 1 aliphatic rings. The van der Waals surface area contributed by atoms with Crippen LogP contribution in [0.25, 0.3) is 11.1 Å². The molecule has 0 radical (unpaired) electrons. The van der Waals surface area contributed by atoms with Crippen molar-refractivity contribution in [2.24, 2.45) is 0 Å². The molecule has 2 aromatic carbocycles. The maximum atomic E-state index is 14.4. The minimum absolute atomic E-state index is 0.0651. The molecule has 0 saturated carbocycles. The van der Waals surface area contributed by atoms with Crippen molar-refractivity contribution in [1.29, 1.82) is 0 Å². The zero-order valence-corrected chi connectivity index (χ0v) is 16.5. The first kappa shape index (κ1) is 20.7. The van der Waals surface area contributed by atoms with Gasteiger partial charge in [-0.1, -0.05) is 37.6 Å². The second-order valence-corrected chi connectivity index (χ2v) is 7.12. The van der Waals surface area contributed by atoms with Gasteiger partial charge in [-0.2, -0.15) is 4.39 Å². The van der Waals surface area contributed by atoms with Gasteiger partial charge in [0.1, 0.15) is 0 Å². The normalized spacial score (nSPS) is 19.6. The van der Waals surface area contributed by atoms with Crippen LogP contribution in [0.5, 0.6) is 5.75 Å². The maximum Gasteiger partial charge on any atom is 0.201 e. The second kappa shape index (κ2) is 9.99. The van der Waals surface area contributed by atoms with Gasteiger partial charge in [-0.25, -0.2) is 4.39 Å². The Morgan fingerprint density at radius 2 is 1.79 bits per heavy atom. The van der Waals surface area contributed by atoms with Gasteiger partial charge < -0.3 is 14.2 Å². The highest BCUT2D eigenvalue weighted by molar-refractivity contribution is 5.65. The van der Waals surface area contributed by atoms with Gasteiger partial charge >= 0.3 is 0 Å². The summed E-state index contributed by atoms with van der Waals surface area (Å²) in [5, 5.41) is 0. The van der Waals surface area contributed by atoms with Gasteiger partial charge in [-0.05, 0) is 49.4 Å². The number of hydrogen-bond donors (Lipinski definition) is 0. The van der Waals surface area contributed by atoms with Gasteiger partial charge in [0.15, 0.2) is 11.6 Å². The molecule has 1 fully saturated rings. The molecule has 0 aliphatic carbocycles. The molecule has 2 atom stereocenters. The molecule has 0 N–H and O–H groups in total. The molecule has 1 aliphatic heterocycles. The Hall–Kier alpha value is -1.98. The van der Waals surface area contributed by atoms with Crippen molar-refractivity contribution in [3.63, 3.8) is 0 Å². The molecule has 5 heteroatoms. The lowest BCUT2D eigenvalue weighted by atomic mass is 10.0. The van der Waals surface area contributed by atoms with E-state index in [1.165, 1.54) is 6.07 Å². The SMILES string of the molecule is CCCC1CCC(OCc2ccc(-c3ccc(OCC)c(F)c3F)cc2)CO1. The molecule has 0 aromatic heterocycles. The highest BCUT2D eigenvalue weighted by Crippen LogP contribution is 2.30. The van der Waals surface area contributed by atoms with Crippen molar-refractivity contribution in [3.05, 3.63) is 53.6 Å². The molecule has 0 amide bonds. The van der Waals surface area contributed by atoms with Crippen LogP contribution >= 0.6 is 0 Å². The third-order valence-corrected chi connectivity index (χ3v) is 5.04. The molecular weight excluding hydrogens is 362 g/mol. The number of rotatable bonds is 8. The Balaban J connectivity index is 1.58. The van der Waals surface area contributed by atoms with E-state index in [0.717, 1.165) is 31.2 Å². The van der Waals surface area contributed by atoms with Crippen LogP contribution in [0.4, 0.5) is 8.78 Å². The summed E-state index contributed by atoms with van der Waals surface area (Å²) < 4.78 is 45.3. The molecule has 3 nitrogen and oxygen atoms in total. The predicted octanol–water partition coefficient (Wildman–Crippen LogP) is 5.89. The van der Waals surface area contributed by atoms with Crippen molar-refractivity contribution in [1.82, 2.24) is 0 Å². The molecule has 1 heterocycles. The molecule has 3 rings (SSSR count). The Kier molecular flexibility index (Phi) is 7.40. The molecule has 28 heavy (non-hydrogen) atoms. The van der Waals surface area contributed by atoms with Gasteiger partial charge in [0, 0.05) is 5.56 Å². The lowest BCUT2D eigenvalue weighted by Crippen LogP contribution is -2.31. The van der Waals surface area contributed by atoms with Crippen LogP contribution in [-0.2, 0) is 16.1 Å². The summed E-state index contributed by atoms with van der Waals surface area (Å²) in [6, 6.07) is 10.3. The number of ether oxygens (including phenoxy) is 3. The van der Waals surface area contributed by atoms with Crippen molar-refractivity contribution in [3.8, 4) is 16.9 Å². The Morgan fingerprint density at radius 3 is 2.43 bits per heavy atom. The summed E-state index contributed by atoms with van der Waals surface area (Å²) in [4.78, 5) is 0. The van der Waals surface area contributed by atoms with E-state index in [2.05, 4.69) is 6.92 Å². The largest absolute Gasteiger partial charge is 0.491 e. The molecular formula is C23H28F2O3. The summed E-state index contributed by atoms with van der Waals surface area (Å²) in [7, 11) is 0. The Bertz CT molecular complexity index is 753. The summed E-state index contributed by atoms with van der Waals surface area (Å²) in [6.07, 6.45) is 4.79. The lowest BCUT2D eigenvalue weighted by Gasteiger charge is -2.29. The van der Waals surface area contributed by atoms with E-state index in [0.29, 0.717) is 24.9 Å². The first-order valence-corrected chi connectivity index (χ1v) is 10.1. The molecule has 0 spiro atoms. The zero-order valence-electron chi connectivity index (χ0n) is 16.5. The van der Waals surface area contributed by atoms with Crippen LogP contribution in [-0.4, -0.2) is 25.4 Å². The third kappa shape index (κ3) is 5.09. The summed E-state index contributed by atoms with van der Waals surface area (Å²) in [6.45, 7) is 5.31. The van der Waals surface area contributed by atoms with Crippen LogP contribution in [0, 0.1) is 11.6 Å². The molecule has 2 unspecified atom stereocenters. The Morgan fingerprint density at radius 1 is 1.00 bits per heavy atom.